The molecule has 110 valence electrons. The number of likely N-dealkylation sites (tertiary alicyclic amines) is 1. The van der Waals surface area contributed by atoms with Crippen LogP contribution in [-0.2, 0) is 14.3 Å². The number of carbonyl (C=O) groups excluding carboxylic acids is 2. The van der Waals surface area contributed by atoms with Gasteiger partial charge in [0.15, 0.2) is 0 Å². The second kappa shape index (κ2) is 7.07. The van der Waals surface area contributed by atoms with Gasteiger partial charge in [0, 0.05) is 19.7 Å². The molecule has 2 fully saturated rings. The third kappa shape index (κ3) is 4.06. The summed E-state index contributed by atoms with van der Waals surface area (Å²) in [6.07, 6.45) is 3.68. The first-order valence-electron chi connectivity index (χ1n) is 6.49. The summed E-state index contributed by atoms with van der Waals surface area (Å²) >= 11 is 0. The van der Waals surface area contributed by atoms with Crippen molar-refractivity contribution in [1.82, 2.24) is 10.2 Å². The summed E-state index contributed by atoms with van der Waals surface area (Å²) in [4.78, 5) is 25.7. The van der Waals surface area contributed by atoms with Crippen LogP contribution in [0.4, 0.5) is 0 Å². The molecule has 19 heavy (non-hydrogen) atoms. The van der Waals surface area contributed by atoms with E-state index in [1.54, 1.807) is 4.90 Å². The highest BCUT2D eigenvalue weighted by Gasteiger charge is 2.37. The molecule has 2 amide bonds. The normalized spacial score (nSPS) is 23.7. The molecule has 1 saturated heterocycles. The zero-order valence-corrected chi connectivity index (χ0v) is 11.9. The van der Waals surface area contributed by atoms with E-state index in [1.807, 2.05) is 0 Å². The van der Waals surface area contributed by atoms with Gasteiger partial charge in [-0.1, -0.05) is 0 Å². The molecular weight excluding hydrogens is 270 g/mol. The quantitative estimate of drug-likeness (QED) is 0.725. The van der Waals surface area contributed by atoms with Crippen LogP contribution < -0.4 is 11.1 Å². The van der Waals surface area contributed by atoms with Gasteiger partial charge in [-0.15, -0.1) is 12.4 Å². The van der Waals surface area contributed by atoms with Crippen LogP contribution in [0, 0.1) is 0 Å². The highest BCUT2D eigenvalue weighted by atomic mass is 35.5. The van der Waals surface area contributed by atoms with Crippen LogP contribution in [-0.4, -0.2) is 55.1 Å². The molecule has 2 atom stereocenters. The Morgan fingerprint density at radius 1 is 1.42 bits per heavy atom. The highest BCUT2D eigenvalue weighted by Crippen LogP contribution is 2.22. The fraction of sp³-hybridized carbons (Fsp3) is 0.833. The standard InChI is InChI=1S/C12H21N3O3.ClH/c1-18-7-9(13)12(17)15-6-2-3-10(15)11(16)14-8-4-5-8;/h8-10H,2-7,13H2,1H3,(H,14,16);1H. The maximum Gasteiger partial charge on any atom is 0.243 e. The molecule has 0 aromatic carbocycles. The Morgan fingerprint density at radius 3 is 2.68 bits per heavy atom. The van der Waals surface area contributed by atoms with E-state index in [9.17, 15) is 9.59 Å². The minimum Gasteiger partial charge on any atom is -0.383 e. The number of halogens is 1. The average Bonchev–Trinajstić information content (AvgIpc) is 3.02. The molecule has 0 aromatic heterocycles. The van der Waals surface area contributed by atoms with Gasteiger partial charge in [-0.3, -0.25) is 9.59 Å². The second-order valence-electron chi connectivity index (χ2n) is 5.03. The summed E-state index contributed by atoms with van der Waals surface area (Å²) in [6.45, 7) is 0.797. The Balaban J connectivity index is 0.00000180. The van der Waals surface area contributed by atoms with Crippen molar-refractivity contribution in [3.05, 3.63) is 0 Å². The van der Waals surface area contributed by atoms with Gasteiger partial charge in [-0.25, -0.2) is 0 Å². The Kier molecular flexibility index (Phi) is 6.03. The first kappa shape index (κ1) is 16.2. The number of carbonyl (C=O) groups is 2. The molecule has 1 aliphatic carbocycles. The number of nitrogens with zero attached hydrogens (tertiary/aromatic N) is 1. The van der Waals surface area contributed by atoms with Crippen molar-refractivity contribution in [1.29, 1.82) is 0 Å². The lowest BCUT2D eigenvalue weighted by Crippen LogP contribution is -2.52. The van der Waals surface area contributed by atoms with Crippen molar-refractivity contribution < 1.29 is 14.3 Å². The topological polar surface area (TPSA) is 84.7 Å². The first-order chi connectivity index (χ1) is 8.63. The molecule has 7 heteroatoms. The van der Waals surface area contributed by atoms with Gasteiger partial charge in [-0.2, -0.15) is 0 Å². The Bertz CT molecular complexity index is 336. The minimum absolute atomic E-state index is 0. The summed E-state index contributed by atoms with van der Waals surface area (Å²) < 4.78 is 4.88. The molecule has 2 rings (SSSR count). The smallest absolute Gasteiger partial charge is 0.243 e. The lowest BCUT2D eigenvalue weighted by molar-refractivity contribution is -0.140. The molecule has 0 radical (unpaired) electrons. The lowest BCUT2D eigenvalue weighted by atomic mass is 10.2. The molecule has 3 N–H and O–H groups in total. The van der Waals surface area contributed by atoms with Crippen LogP contribution in [0.2, 0.25) is 0 Å². The third-order valence-electron chi connectivity index (χ3n) is 3.43. The second-order valence-corrected chi connectivity index (χ2v) is 5.03. The third-order valence-corrected chi connectivity index (χ3v) is 3.43. The van der Waals surface area contributed by atoms with E-state index in [4.69, 9.17) is 10.5 Å². The summed E-state index contributed by atoms with van der Waals surface area (Å²) in [7, 11) is 1.51. The fourth-order valence-electron chi connectivity index (χ4n) is 2.29. The number of nitrogens with two attached hydrogens (primary N) is 1. The molecular formula is C12H22ClN3O3. The number of hydrogen-bond donors (Lipinski definition) is 2. The molecule has 1 aliphatic heterocycles. The minimum atomic E-state index is -0.677. The molecule has 0 aromatic rings. The van der Waals surface area contributed by atoms with Crippen LogP contribution in [0.1, 0.15) is 25.7 Å². The Labute approximate surface area is 119 Å². The number of amides is 2. The summed E-state index contributed by atoms with van der Waals surface area (Å²) in [5.41, 5.74) is 5.74. The van der Waals surface area contributed by atoms with E-state index in [0.29, 0.717) is 12.6 Å². The molecule has 0 bridgehead atoms. The monoisotopic (exact) mass is 291 g/mol. The summed E-state index contributed by atoms with van der Waals surface area (Å²) in [6, 6.07) is -0.701. The number of ether oxygens (including phenoxy) is 1. The molecule has 1 heterocycles. The van der Waals surface area contributed by atoms with Crippen molar-refractivity contribution >= 4 is 24.2 Å². The molecule has 2 unspecified atom stereocenters. The van der Waals surface area contributed by atoms with Gasteiger partial charge in [0.25, 0.3) is 0 Å². The number of hydrogen-bond acceptors (Lipinski definition) is 4. The van der Waals surface area contributed by atoms with E-state index in [2.05, 4.69) is 5.32 Å². The molecule has 2 aliphatic rings. The van der Waals surface area contributed by atoms with Crippen LogP contribution in [0.25, 0.3) is 0 Å². The predicted octanol–water partition coefficient (Wildman–Crippen LogP) is -0.348. The molecule has 0 spiro atoms. The van der Waals surface area contributed by atoms with Crippen molar-refractivity contribution in [3.63, 3.8) is 0 Å². The lowest BCUT2D eigenvalue weighted by Gasteiger charge is -2.26. The van der Waals surface area contributed by atoms with Crippen LogP contribution >= 0.6 is 12.4 Å². The van der Waals surface area contributed by atoms with E-state index in [1.165, 1.54) is 7.11 Å². The first-order valence-corrected chi connectivity index (χ1v) is 6.49. The van der Waals surface area contributed by atoms with E-state index < -0.39 is 6.04 Å². The van der Waals surface area contributed by atoms with E-state index >= 15 is 0 Å². The van der Waals surface area contributed by atoms with Crippen molar-refractivity contribution in [2.75, 3.05) is 20.3 Å². The average molecular weight is 292 g/mol. The van der Waals surface area contributed by atoms with Gasteiger partial charge in [0.2, 0.25) is 11.8 Å². The maximum absolute atomic E-state index is 12.1. The summed E-state index contributed by atoms with van der Waals surface area (Å²) in [5.74, 6) is -0.224. The largest absolute Gasteiger partial charge is 0.383 e. The fourth-order valence-corrected chi connectivity index (χ4v) is 2.29. The van der Waals surface area contributed by atoms with Gasteiger partial charge in [0.05, 0.1) is 6.61 Å². The van der Waals surface area contributed by atoms with Crippen LogP contribution in [0.3, 0.4) is 0 Å². The number of nitrogens with one attached hydrogen (secondary N) is 1. The van der Waals surface area contributed by atoms with Crippen LogP contribution in [0.15, 0.2) is 0 Å². The van der Waals surface area contributed by atoms with Crippen LogP contribution in [0.5, 0.6) is 0 Å². The number of methoxy groups -OCH3 is 1. The zero-order valence-electron chi connectivity index (χ0n) is 11.1. The van der Waals surface area contributed by atoms with Gasteiger partial charge in [0.1, 0.15) is 12.1 Å². The van der Waals surface area contributed by atoms with Crippen molar-refractivity contribution in [2.24, 2.45) is 5.73 Å². The van der Waals surface area contributed by atoms with Gasteiger partial charge >= 0.3 is 0 Å². The van der Waals surface area contributed by atoms with E-state index in [0.717, 1.165) is 25.7 Å². The number of rotatable bonds is 5. The molecule has 6 nitrogen and oxygen atoms in total. The Hall–Kier alpha value is -0.850. The summed E-state index contributed by atoms with van der Waals surface area (Å²) in [5, 5.41) is 2.95. The van der Waals surface area contributed by atoms with E-state index in [-0.39, 0.29) is 36.9 Å². The van der Waals surface area contributed by atoms with Crippen molar-refractivity contribution in [2.45, 2.75) is 43.8 Å². The Morgan fingerprint density at radius 2 is 2.11 bits per heavy atom. The SMILES string of the molecule is COCC(N)C(=O)N1CCCC1C(=O)NC1CC1.Cl. The predicted molar refractivity (Wildman–Crippen MR) is 73.0 cm³/mol. The maximum atomic E-state index is 12.1. The van der Waals surface area contributed by atoms with Gasteiger partial charge < -0.3 is 20.7 Å². The highest BCUT2D eigenvalue weighted by molar-refractivity contribution is 5.90. The van der Waals surface area contributed by atoms with Gasteiger partial charge in [-0.05, 0) is 25.7 Å². The molecule has 1 saturated carbocycles. The zero-order chi connectivity index (χ0) is 13.1. The van der Waals surface area contributed by atoms with Crippen molar-refractivity contribution in [3.8, 4) is 0 Å².